The minimum absolute atomic E-state index is 0.732. The van der Waals surface area contributed by atoms with Crippen LogP contribution < -0.4 is 10.2 Å². The molecular weight excluding hydrogens is 244 g/mol. The third kappa shape index (κ3) is 4.52. The van der Waals surface area contributed by atoms with Gasteiger partial charge < -0.3 is 10.2 Å². The van der Waals surface area contributed by atoms with Gasteiger partial charge in [0.15, 0.2) is 0 Å². The molecule has 1 heterocycles. The number of benzene rings is 1. The Labute approximate surface area is 124 Å². The summed E-state index contributed by atoms with van der Waals surface area (Å²) in [6, 6.07) is 9.98. The molecule has 0 amide bonds. The molecule has 112 valence electrons. The number of rotatable bonds is 7. The Morgan fingerprint density at radius 2 is 1.75 bits per heavy atom. The van der Waals surface area contributed by atoms with Gasteiger partial charge in [0.25, 0.3) is 0 Å². The summed E-state index contributed by atoms with van der Waals surface area (Å²) in [7, 11) is 0. The average Bonchev–Trinajstić information content (AvgIpc) is 2.52. The maximum atomic E-state index is 3.65. The van der Waals surface area contributed by atoms with Crippen molar-refractivity contribution in [2.45, 2.75) is 58.4 Å². The molecule has 1 aliphatic heterocycles. The van der Waals surface area contributed by atoms with Gasteiger partial charge in [0.1, 0.15) is 0 Å². The molecule has 2 nitrogen and oxygen atoms in total. The molecule has 0 spiro atoms. The van der Waals surface area contributed by atoms with Crippen molar-refractivity contribution in [3.05, 3.63) is 29.8 Å². The molecule has 0 aromatic heterocycles. The predicted molar refractivity (Wildman–Crippen MR) is 88.6 cm³/mol. The van der Waals surface area contributed by atoms with Gasteiger partial charge in [-0.25, -0.2) is 0 Å². The van der Waals surface area contributed by atoms with Gasteiger partial charge in [0.05, 0.1) is 0 Å². The summed E-state index contributed by atoms with van der Waals surface area (Å²) in [5.41, 5.74) is 2.88. The topological polar surface area (TPSA) is 15.3 Å². The summed E-state index contributed by atoms with van der Waals surface area (Å²) in [6.07, 6.45) is 7.59. The largest absolute Gasteiger partial charge is 0.371 e. The first kappa shape index (κ1) is 15.4. The highest BCUT2D eigenvalue weighted by Gasteiger charge is 2.18. The molecule has 0 bridgehead atoms. The number of nitrogens with zero attached hydrogens (tertiary/aromatic N) is 1. The van der Waals surface area contributed by atoms with E-state index in [0.717, 1.165) is 12.6 Å². The number of anilines is 1. The highest BCUT2D eigenvalue weighted by atomic mass is 15.1. The molecule has 2 rings (SSSR count). The Balaban J connectivity index is 1.81. The zero-order valence-corrected chi connectivity index (χ0v) is 13.2. The Bertz CT molecular complexity index is 364. The number of piperidine rings is 1. The zero-order valence-electron chi connectivity index (χ0n) is 13.2. The summed E-state index contributed by atoms with van der Waals surface area (Å²) >= 11 is 0. The highest BCUT2D eigenvalue weighted by molar-refractivity contribution is 5.48. The molecule has 1 saturated heterocycles. The van der Waals surface area contributed by atoms with E-state index >= 15 is 0 Å². The molecule has 1 aromatic rings. The molecule has 20 heavy (non-hydrogen) atoms. The maximum Gasteiger partial charge on any atom is 0.0366 e. The van der Waals surface area contributed by atoms with Gasteiger partial charge in [-0.2, -0.15) is 0 Å². The van der Waals surface area contributed by atoms with Gasteiger partial charge in [-0.15, -0.1) is 0 Å². The van der Waals surface area contributed by atoms with E-state index in [4.69, 9.17) is 0 Å². The Hall–Kier alpha value is -1.02. The van der Waals surface area contributed by atoms with Crippen LogP contribution in [0.1, 0.15) is 51.5 Å². The van der Waals surface area contributed by atoms with Crippen LogP contribution in [0.5, 0.6) is 0 Å². The van der Waals surface area contributed by atoms with Gasteiger partial charge in [-0.05, 0) is 56.3 Å². The van der Waals surface area contributed by atoms with Gasteiger partial charge in [-0.3, -0.25) is 0 Å². The second-order valence-electron chi connectivity index (χ2n) is 5.99. The lowest BCUT2D eigenvalue weighted by molar-refractivity contribution is 0.416. The van der Waals surface area contributed by atoms with Crippen LogP contribution in [0.15, 0.2) is 24.3 Å². The normalized spacial score (nSPS) is 16.6. The van der Waals surface area contributed by atoms with E-state index in [9.17, 15) is 0 Å². The number of nitrogens with one attached hydrogen (secondary N) is 1. The maximum absolute atomic E-state index is 3.65. The molecule has 2 heteroatoms. The Kier molecular flexibility index (Phi) is 6.38. The molecule has 0 aliphatic carbocycles. The van der Waals surface area contributed by atoms with E-state index in [1.807, 2.05) is 0 Å². The number of unbranched alkanes of at least 4 members (excludes halogenated alkanes) is 1. The standard InChI is InChI=1S/C18H30N2/c1-3-5-6-16-7-9-18(10-8-16)20-14-11-17(12-15-20)19-13-4-2/h7-10,17,19H,3-6,11-15H2,1-2H3. The monoisotopic (exact) mass is 274 g/mol. The Morgan fingerprint density at radius 1 is 1.05 bits per heavy atom. The van der Waals surface area contributed by atoms with Crippen LogP contribution in [0.3, 0.4) is 0 Å². The minimum Gasteiger partial charge on any atom is -0.371 e. The van der Waals surface area contributed by atoms with Crippen molar-refractivity contribution < 1.29 is 0 Å². The Morgan fingerprint density at radius 3 is 2.35 bits per heavy atom. The lowest BCUT2D eigenvalue weighted by Crippen LogP contribution is -2.42. The van der Waals surface area contributed by atoms with Crippen LogP contribution in [-0.4, -0.2) is 25.7 Å². The fourth-order valence-corrected chi connectivity index (χ4v) is 2.94. The average molecular weight is 274 g/mol. The second-order valence-corrected chi connectivity index (χ2v) is 5.99. The third-order valence-corrected chi connectivity index (χ3v) is 4.30. The molecule has 0 unspecified atom stereocenters. The second kappa shape index (κ2) is 8.31. The molecule has 0 saturated carbocycles. The summed E-state index contributed by atoms with van der Waals surface area (Å²) < 4.78 is 0. The van der Waals surface area contributed by atoms with E-state index < -0.39 is 0 Å². The molecule has 0 atom stereocenters. The van der Waals surface area contributed by atoms with Gasteiger partial charge in [-0.1, -0.05) is 32.4 Å². The van der Waals surface area contributed by atoms with E-state index in [-0.39, 0.29) is 0 Å². The first-order valence-electron chi connectivity index (χ1n) is 8.40. The quantitative estimate of drug-likeness (QED) is 0.808. The molecule has 1 fully saturated rings. The van der Waals surface area contributed by atoms with Crippen molar-refractivity contribution in [3.63, 3.8) is 0 Å². The van der Waals surface area contributed by atoms with Crippen molar-refractivity contribution in [2.24, 2.45) is 0 Å². The number of hydrogen-bond donors (Lipinski definition) is 1. The van der Waals surface area contributed by atoms with Crippen LogP contribution in [0, 0.1) is 0 Å². The number of hydrogen-bond acceptors (Lipinski definition) is 2. The van der Waals surface area contributed by atoms with E-state index in [0.29, 0.717) is 0 Å². The SMILES string of the molecule is CCCCc1ccc(N2CCC(NCCC)CC2)cc1. The molecular formula is C18H30N2. The third-order valence-electron chi connectivity index (χ3n) is 4.30. The summed E-state index contributed by atoms with van der Waals surface area (Å²) in [4.78, 5) is 2.54. The van der Waals surface area contributed by atoms with Gasteiger partial charge >= 0.3 is 0 Å². The fourth-order valence-electron chi connectivity index (χ4n) is 2.94. The molecule has 1 aromatic carbocycles. The van der Waals surface area contributed by atoms with Crippen molar-refractivity contribution in [2.75, 3.05) is 24.5 Å². The highest BCUT2D eigenvalue weighted by Crippen LogP contribution is 2.21. The van der Waals surface area contributed by atoms with E-state index in [2.05, 4.69) is 48.3 Å². The fraction of sp³-hybridized carbons (Fsp3) is 0.667. The summed E-state index contributed by atoms with van der Waals surface area (Å²) in [5, 5.41) is 3.65. The smallest absolute Gasteiger partial charge is 0.0366 e. The predicted octanol–water partition coefficient (Wildman–Crippen LogP) is 4.00. The van der Waals surface area contributed by atoms with Crippen LogP contribution >= 0.6 is 0 Å². The van der Waals surface area contributed by atoms with Crippen molar-refractivity contribution in [3.8, 4) is 0 Å². The summed E-state index contributed by atoms with van der Waals surface area (Å²) in [6.45, 7) is 8.04. The van der Waals surface area contributed by atoms with Crippen molar-refractivity contribution >= 4 is 5.69 Å². The first-order chi connectivity index (χ1) is 9.83. The molecule has 0 radical (unpaired) electrons. The zero-order chi connectivity index (χ0) is 14.2. The lowest BCUT2D eigenvalue weighted by Gasteiger charge is -2.34. The molecule has 1 aliphatic rings. The van der Waals surface area contributed by atoms with Crippen molar-refractivity contribution in [1.82, 2.24) is 5.32 Å². The van der Waals surface area contributed by atoms with E-state index in [1.54, 1.807) is 0 Å². The van der Waals surface area contributed by atoms with Gasteiger partial charge in [0, 0.05) is 24.8 Å². The van der Waals surface area contributed by atoms with Crippen LogP contribution in [0.25, 0.3) is 0 Å². The number of aryl methyl sites for hydroxylation is 1. The van der Waals surface area contributed by atoms with E-state index in [1.165, 1.54) is 62.9 Å². The minimum atomic E-state index is 0.732. The van der Waals surface area contributed by atoms with Crippen LogP contribution in [0.4, 0.5) is 5.69 Å². The van der Waals surface area contributed by atoms with Crippen LogP contribution in [-0.2, 0) is 6.42 Å². The van der Waals surface area contributed by atoms with Crippen LogP contribution in [0.2, 0.25) is 0 Å². The first-order valence-corrected chi connectivity index (χ1v) is 8.40. The molecule has 1 N–H and O–H groups in total. The lowest BCUT2D eigenvalue weighted by atomic mass is 10.0. The van der Waals surface area contributed by atoms with Crippen molar-refractivity contribution in [1.29, 1.82) is 0 Å². The van der Waals surface area contributed by atoms with Gasteiger partial charge in [0.2, 0.25) is 0 Å². The summed E-state index contributed by atoms with van der Waals surface area (Å²) in [5.74, 6) is 0.